The minimum atomic E-state index is 0.501. The second kappa shape index (κ2) is 6.13. The lowest BCUT2D eigenvalue weighted by molar-refractivity contribution is 0.0837. The molecule has 1 aromatic rings. The predicted octanol–water partition coefficient (Wildman–Crippen LogP) is 3.85. The van der Waals surface area contributed by atoms with Crippen LogP contribution in [0.2, 0.25) is 5.02 Å². The number of piperazine rings is 1. The molecule has 104 valence electrons. The van der Waals surface area contributed by atoms with Crippen LogP contribution in [0.25, 0.3) is 0 Å². The van der Waals surface area contributed by atoms with E-state index in [-0.39, 0.29) is 0 Å². The highest BCUT2D eigenvalue weighted by atomic mass is 79.9. The Morgan fingerprint density at radius 1 is 1.26 bits per heavy atom. The van der Waals surface area contributed by atoms with Gasteiger partial charge in [-0.2, -0.15) is 0 Å². The Labute approximate surface area is 128 Å². The first-order chi connectivity index (χ1) is 9.25. The molecule has 4 heteroatoms. The number of hydrogen-bond donors (Lipinski definition) is 1. The Hall–Kier alpha value is -0.0900. The highest BCUT2D eigenvalue weighted by molar-refractivity contribution is 9.10. The Balaban J connectivity index is 1.90. The maximum Gasteiger partial charge on any atom is 0.0454 e. The maximum atomic E-state index is 6.47. The Morgan fingerprint density at radius 2 is 2.00 bits per heavy atom. The number of hydrogen-bond acceptors (Lipinski definition) is 2. The van der Waals surface area contributed by atoms with Gasteiger partial charge in [0.15, 0.2) is 0 Å². The quantitative estimate of drug-likeness (QED) is 0.897. The molecule has 0 aromatic heterocycles. The predicted molar refractivity (Wildman–Crippen MR) is 83.7 cm³/mol. The van der Waals surface area contributed by atoms with Crippen molar-refractivity contribution in [3.63, 3.8) is 0 Å². The smallest absolute Gasteiger partial charge is 0.0454 e. The minimum absolute atomic E-state index is 0.501. The summed E-state index contributed by atoms with van der Waals surface area (Å²) in [5.74, 6) is 0.782. The number of halogens is 2. The first-order valence-electron chi connectivity index (χ1n) is 7.15. The molecule has 0 spiro atoms. The summed E-state index contributed by atoms with van der Waals surface area (Å²) in [6.45, 7) is 4.44. The molecule has 3 rings (SSSR count). The second-order valence-corrected chi connectivity index (χ2v) is 6.91. The fraction of sp³-hybridized carbons (Fsp3) is 0.600. The van der Waals surface area contributed by atoms with Crippen LogP contribution in [-0.2, 0) is 0 Å². The van der Waals surface area contributed by atoms with Crippen molar-refractivity contribution >= 4 is 27.5 Å². The molecule has 0 unspecified atom stereocenters. The van der Waals surface area contributed by atoms with Gasteiger partial charge in [0.25, 0.3) is 0 Å². The third-order valence-electron chi connectivity index (χ3n) is 4.42. The van der Waals surface area contributed by atoms with Crippen molar-refractivity contribution in [3.05, 3.63) is 33.3 Å². The Bertz CT molecular complexity index is 442. The van der Waals surface area contributed by atoms with Gasteiger partial charge in [0.1, 0.15) is 0 Å². The van der Waals surface area contributed by atoms with E-state index in [1.54, 1.807) is 0 Å². The van der Waals surface area contributed by atoms with Gasteiger partial charge in [0.05, 0.1) is 0 Å². The zero-order chi connectivity index (χ0) is 13.2. The molecule has 1 atom stereocenters. The largest absolute Gasteiger partial charge is 0.314 e. The molecule has 2 nitrogen and oxygen atoms in total. The number of nitrogens with one attached hydrogen (secondary N) is 1. The Kier molecular flexibility index (Phi) is 4.47. The molecule has 1 saturated heterocycles. The fourth-order valence-electron chi connectivity index (χ4n) is 3.21. The topological polar surface area (TPSA) is 15.3 Å². The standard InChI is InChI=1S/C15H20BrClN2/c16-12-4-5-14(17)13(10-12)15(11-2-1-3-11)19-8-6-18-7-9-19/h4-5,10-11,15,18H,1-3,6-9H2/t15-/m0/s1. The summed E-state index contributed by atoms with van der Waals surface area (Å²) in [5, 5.41) is 4.35. The van der Waals surface area contributed by atoms with Crippen LogP contribution in [0.3, 0.4) is 0 Å². The highest BCUT2D eigenvalue weighted by Crippen LogP contribution is 2.44. The van der Waals surface area contributed by atoms with E-state index in [0.29, 0.717) is 6.04 Å². The molecule has 1 aliphatic carbocycles. The van der Waals surface area contributed by atoms with Gasteiger partial charge in [-0.1, -0.05) is 34.0 Å². The summed E-state index contributed by atoms with van der Waals surface area (Å²) in [6, 6.07) is 6.77. The molecule has 1 aromatic carbocycles. The van der Waals surface area contributed by atoms with E-state index in [1.165, 1.54) is 24.8 Å². The first-order valence-corrected chi connectivity index (χ1v) is 8.32. The third-order valence-corrected chi connectivity index (χ3v) is 5.26. The maximum absolute atomic E-state index is 6.47. The zero-order valence-corrected chi connectivity index (χ0v) is 13.4. The van der Waals surface area contributed by atoms with Crippen molar-refractivity contribution in [2.75, 3.05) is 26.2 Å². The number of nitrogens with zero attached hydrogens (tertiary/aromatic N) is 1. The van der Waals surface area contributed by atoms with Crippen LogP contribution in [-0.4, -0.2) is 31.1 Å². The van der Waals surface area contributed by atoms with Crippen molar-refractivity contribution in [1.29, 1.82) is 0 Å². The summed E-state index contributed by atoms with van der Waals surface area (Å²) < 4.78 is 1.13. The molecule has 1 heterocycles. The van der Waals surface area contributed by atoms with Crippen molar-refractivity contribution in [1.82, 2.24) is 10.2 Å². The van der Waals surface area contributed by atoms with Gasteiger partial charge in [-0.25, -0.2) is 0 Å². The fourth-order valence-corrected chi connectivity index (χ4v) is 3.81. The van der Waals surface area contributed by atoms with E-state index >= 15 is 0 Å². The van der Waals surface area contributed by atoms with Crippen LogP contribution in [0.5, 0.6) is 0 Å². The Morgan fingerprint density at radius 3 is 2.63 bits per heavy atom. The van der Waals surface area contributed by atoms with Gasteiger partial charge >= 0.3 is 0 Å². The van der Waals surface area contributed by atoms with Gasteiger partial charge in [0, 0.05) is 41.7 Å². The summed E-state index contributed by atoms with van der Waals surface area (Å²) in [7, 11) is 0. The van der Waals surface area contributed by atoms with Gasteiger partial charge in [-0.3, -0.25) is 4.90 Å². The summed E-state index contributed by atoms with van der Waals surface area (Å²) in [4.78, 5) is 2.62. The lowest BCUT2D eigenvalue weighted by atomic mass is 9.76. The average molecular weight is 344 g/mol. The van der Waals surface area contributed by atoms with Crippen LogP contribution >= 0.6 is 27.5 Å². The number of benzene rings is 1. The molecule has 2 aliphatic rings. The monoisotopic (exact) mass is 342 g/mol. The summed E-state index contributed by atoms with van der Waals surface area (Å²) in [6.07, 6.45) is 4.06. The SMILES string of the molecule is Clc1ccc(Br)cc1[C@H](C1CCC1)N1CCNCC1. The molecular weight excluding hydrogens is 324 g/mol. The van der Waals surface area contributed by atoms with E-state index in [9.17, 15) is 0 Å². The van der Waals surface area contributed by atoms with Crippen LogP contribution in [0.4, 0.5) is 0 Å². The van der Waals surface area contributed by atoms with Crippen LogP contribution in [0.15, 0.2) is 22.7 Å². The van der Waals surface area contributed by atoms with Crippen LogP contribution in [0, 0.1) is 5.92 Å². The van der Waals surface area contributed by atoms with Crippen molar-refractivity contribution in [3.8, 4) is 0 Å². The number of rotatable bonds is 3. The van der Waals surface area contributed by atoms with Gasteiger partial charge in [-0.15, -0.1) is 0 Å². The molecule has 0 radical (unpaired) electrons. The van der Waals surface area contributed by atoms with Gasteiger partial charge in [-0.05, 0) is 42.5 Å². The lowest BCUT2D eigenvalue weighted by Crippen LogP contribution is -2.47. The molecule has 2 fully saturated rings. The van der Waals surface area contributed by atoms with Crippen LogP contribution in [0.1, 0.15) is 30.9 Å². The molecule has 1 saturated carbocycles. The van der Waals surface area contributed by atoms with Gasteiger partial charge in [0.2, 0.25) is 0 Å². The average Bonchev–Trinajstić information content (AvgIpc) is 2.38. The minimum Gasteiger partial charge on any atom is -0.314 e. The van der Waals surface area contributed by atoms with Crippen molar-refractivity contribution < 1.29 is 0 Å². The van der Waals surface area contributed by atoms with Crippen molar-refractivity contribution in [2.45, 2.75) is 25.3 Å². The van der Waals surface area contributed by atoms with Crippen LogP contribution < -0.4 is 5.32 Å². The molecule has 0 bridgehead atoms. The van der Waals surface area contributed by atoms with Crippen molar-refractivity contribution in [2.24, 2.45) is 5.92 Å². The highest BCUT2D eigenvalue weighted by Gasteiger charge is 2.34. The van der Waals surface area contributed by atoms with E-state index in [1.807, 2.05) is 12.1 Å². The van der Waals surface area contributed by atoms with E-state index in [2.05, 4.69) is 32.2 Å². The zero-order valence-electron chi connectivity index (χ0n) is 11.0. The molecule has 1 N–H and O–H groups in total. The molecule has 0 amide bonds. The first kappa shape index (κ1) is 13.9. The summed E-state index contributed by atoms with van der Waals surface area (Å²) >= 11 is 10.1. The second-order valence-electron chi connectivity index (χ2n) is 5.59. The molecule has 19 heavy (non-hydrogen) atoms. The summed E-state index contributed by atoms with van der Waals surface area (Å²) in [5.41, 5.74) is 1.31. The normalized spacial score (nSPS) is 23.1. The third kappa shape index (κ3) is 2.99. The van der Waals surface area contributed by atoms with E-state index in [4.69, 9.17) is 11.6 Å². The molecule has 1 aliphatic heterocycles. The van der Waals surface area contributed by atoms with Gasteiger partial charge < -0.3 is 5.32 Å². The lowest BCUT2D eigenvalue weighted by Gasteiger charge is -2.43. The van der Waals surface area contributed by atoms with E-state index < -0.39 is 0 Å². The molecular formula is C15H20BrClN2. The van der Waals surface area contributed by atoms with E-state index in [0.717, 1.165) is 41.6 Å².